The second-order valence-electron chi connectivity index (χ2n) is 5.76. The molecular weight excluding hydrogens is 316 g/mol. The van der Waals surface area contributed by atoms with Crippen molar-refractivity contribution in [2.24, 2.45) is 11.7 Å². The van der Waals surface area contributed by atoms with Gasteiger partial charge in [-0.2, -0.15) is 11.8 Å². The van der Waals surface area contributed by atoms with Gasteiger partial charge in [0.1, 0.15) is 12.7 Å². The van der Waals surface area contributed by atoms with Crippen LogP contribution in [0.1, 0.15) is 0 Å². The zero-order valence-electron chi connectivity index (χ0n) is 12.1. The fourth-order valence-corrected chi connectivity index (χ4v) is 4.76. The van der Waals surface area contributed by atoms with Gasteiger partial charge in [-0.3, -0.25) is 4.79 Å². The highest BCUT2D eigenvalue weighted by atomic mass is 32.2. The van der Waals surface area contributed by atoms with Gasteiger partial charge in [0, 0.05) is 17.1 Å². The first-order valence-corrected chi connectivity index (χ1v) is 8.30. The topological polar surface area (TPSA) is 102 Å². The minimum atomic E-state index is -1.02. The summed E-state index contributed by atoms with van der Waals surface area (Å²) >= 11 is 1.58. The van der Waals surface area contributed by atoms with Crippen LogP contribution < -0.4 is 10.3 Å². The van der Waals surface area contributed by atoms with Crippen molar-refractivity contribution in [2.75, 3.05) is 5.75 Å². The number of rotatable bonds is 3. The molecule has 3 heterocycles. The molecule has 1 aliphatic carbocycles. The van der Waals surface area contributed by atoms with E-state index in [-0.39, 0.29) is 16.6 Å². The van der Waals surface area contributed by atoms with E-state index in [1.54, 1.807) is 22.5 Å². The van der Waals surface area contributed by atoms with Crippen molar-refractivity contribution in [2.45, 2.75) is 17.8 Å². The number of hydrogen-bond acceptors (Lipinski definition) is 5. The predicted octanol–water partition coefficient (Wildman–Crippen LogP) is -0.355. The maximum Gasteiger partial charge on any atom is 0.332 e. The fourth-order valence-electron chi connectivity index (χ4n) is 3.31. The van der Waals surface area contributed by atoms with Crippen LogP contribution in [0.2, 0.25) is 0 Å². The Morgan fingerprint density at radius 1 is 1.57 bits per heavy atom. The lowest BCUT2D eigenvalue weighted by Gasteiger charge is -2.44. The van der Waals surface area contributed by atoms with Crippen LogP contribution in [-0.4, -0.2) is 43.5 Å². The molecule has 2 aromatic rings. The highest BCUT2D eigenvalue weighted by Gasteiger charge is 2.54. The third-order valence-corrected chi connectivity index (χ3v) is 5.96. The normalized spacial score (nSPS) is 27.0. The summed E-state index contributed by atoms with van der Waals surface area (Å²) in [5, 5.41) is 13.7. The van der Waals surface area contributed by atoms with Gasteiger partial charge in [-0.25, -0.2) is 9.36 Å². The van der Waals surface area contributed by atoms with Gasteiger partial charge in [0.2, 0.25) is 0 Å². The van der Waals surface area contributed by atoms with Crippen LogP contribution in [0.5, 0.6) is 0 Å². The molecule has 0 aromatic carbocycles. The van der Waals surface area contributed by atoms with Gasteiger partial charge in [-0.1, -0.05) is 5.10 Å². The SMILES string of the molecule is N[C@H]1C(=O)C2C(C(=O)O)=C(C[n+]3ccn4ncccc43)CS[C@H]21. The number of fused-ring (bicyclic) bond motifs is 2. The van der Waals surface area contributed by atoms with Crippen LogP contribution in [0.3, 0.4) is 0 Å². The summed E-state index contributed by atoms with van der Waals surface area (Å²) in [5.41, 5.74) is 7.66. The molecule has 0 radical (unpaired) electrons. The maximum atomic E-state index is 12.0. The Labute approximate surface area is 135 Å². The lowest BCUT2D eigenvalue weighted by molar-refractivity contribution is -0.662. The predicted molar refractivity (Wildman–Crippen MR) is 82.8 cm³/mol. The minimum Gasteiger partial charge on any atom is -0.478 e. The number of carbonyl (C=O) groups is 2. The van der Waals surface area contributed by atoms with E-state index in [0.29, 0.717) is 12.3 Å². The molecule has 1 aliphatic heterocycles. The third kappa shape index (κ3) is 2.09. The number of carboxylic acid groups (broad SMARTS) is 1. The number of hydrogen-bond donors (Lipinski definition) is 2. The Bertz CT molecular complexity index is 859. The largest absolute Gasteiger partial charge is 0.478 e. The van der Waals surface area contributed by atoms with Crippen molar-refractivity contribution < 1.29 is 19.3 Å². The van der Waals surface area contributed by atoms with E-state index >= 15 is 0 Å². The number of carboxylic acids is 1. The molecule has 0 saturated heterocycles. The molecule has 8 heteroatoms. The number of carbonyl (C=O) groups excluding carboxylic acids is 1. The average Bonchev–Trinajstić information content (AvgIpc) is 2.96. The Hall–Kier alpha value is -2.19. The summed E-state index contributed by atoms with van der Waals surface area (Å²) in [6.45, 7) is 0.433. The second-order valence-corrected chi connectivity index (χ2v) is 6.92. The molecular formula is C15H15N4O3S+. The molecule has 118 valence electrons. The quantitative estimate of drug-likeness (QED) is 0.745. The number of Topliss-reactive ketones (excluding diaryl/α,β-unsaturated/α-hetero) is 1. The monoisotopic (exact) mass is 331 g/mol. The van der Waals surface area contributed by atoms with Crippen molar-refractivity contribution in [3.63, 3.8) is 0 Å². The van der Waals surface area contributed by atoms with Gasteiger partial charge >= 0.3 is 11.6 Å². The molecule has 2 aromatic heterocycles. The fraction of sp³-hybridized carbons (Fsp3) is 0.333. The lowest BCUT2D eigenvalue weighted by atomic mass is 9.72. The van der Waals surface area contributed by atoms with Crippen LogP contribution >= 0.6 is 11.8 Å². The highest BCUT2D eigenvalue weighted by Crippen LogP contribution is 2.44. The number of ketones is 1. The van der Waals surface area contributed by atoms with Gasteiger partial charge in [-0.15, -0.1) is 4.52 Å². The molecule has 7 nitrogen and oxygen atoms in total. The Kier molecular flexibility index (Phi) is 3.24. The van der Waals surface area contributed by atoms with Crippen molar-refractivity contribution in [1.82, 2.24) is 9.61 Å². The van der Waals surface area contributed by atoms with Crippen LogP contribution in [-0.2, 0) is 16.1 Å². The van der Waals surface area contributed by atoms with E-state index in [9.17, 15) is 14.7 Å². The van der Waals surface area contributed by atoms with Crippen LogP contribution in [0.4, 0.5) is 0 Å². The zero-order valence-corrected chi connectivity index (χ0v) is 12.9. The summed E-state index contributed by atoms with van der Waals surface area (Å²) in [7, 11) is 0. The molecule has 1 fully saturated rings. The molecule has 0 spiro atoms. The highest BCUT2D eigenvalue weighted by molar-refractivity contribution is 8.00. The van der Waals surface area contributed by atoms with Gasteiger partial charge in [0.15, 0.2) is 12.0 Å². The van der Waals surface area contributed by atoms with Gasteiger partial charge in [-0.05, 0) is 11.6 Å². The van der Waals surface area contributed by atoms with Crippen LogP contribution in [0, 0.1) is 5.92 Å². The van der Waals surface area contributed by atoms with Crippen molar-refractivity contribution in [3.05, 3.63) is 41.9 Å². The van der Waals surface area contributed by atoms with Gasteiger partial charge < -0.3 is 10.8 Å². The number of nitrogens with zero attached hydrogens (tertiary/aromatic N) is 3. The van der Waals surface area contributed by atoms with E-state index in [1.807, 2.05) is 29.1 Å². The Morgan fingerprint density at radius 2 is 2.39 bits per heavy atom. The van der Waals surface area contributed by atoms with E-state index in [1.165, 1.54) is 0 Å². The van der Waals surface area contributed by atoms with E-state index < -0.39 is 17.9 Å². The summed E-state index contributed by atoms with van der Waals surface area (Å²) in [6, 6.07) is 3.21. The number of thioether (sulfide) groups is 1. The van der Waals surface area contributed by atoms with E-state index in [2.05, 4.69) is 5.10 Å². The summed E-state index contributed by atoms with van der Waals surface area (Å²) < 4.78 is 3.67. The summed E-state index contributed by atoms with van der Waals surface area (Å²) in [4.78, 5) is 23.7. The van der Waals surface area contributed by atoms with Crippen molar-refractivity contribution in [1.29, 1.82) is 0 Å². The molecule has 3 atom stereocenters. The smallest absolute Gasteiger partial charge is 0.332 e. The molecule has 1 unspecified atom stereocenters. The second kappa shape index (κ2) is 5.17. The van der Waals surface area contributed by atoms with E-state index in [0.717, 1.165) is 11.2 Å². The van der Waals surface area contributed by atoms with Gasteiger partial charge in [0.05, 0.1) is 23.7 Å². The first kappa shape index (κ1) is 14.4. The minimum absolute atomic E-state index is 0.102. The number of aromatic nitrogens is 3. The Morgan fingerprint density at radius 3 is 3.17 bits per heavy atom. The zero-order chi connectivity index (χ0) is 16.1. The van der Waals surface area contributed by atoms with E-state index in [4.69, 9.17) is 5.73 Å². The number of imidazole rings is 1. The van der Waals surface area contributed by atoms with Crippen LogP contribution in [0.15, 0.2) is 41.9 Å². The molecule has 0 bridgehead atoms. The van der Waals surface area contributed by atoms with Crippen LogP contribution in [0.25, 0.3) is 5.65 Å². The summed E-state index contributed by atoms with van der Waals surface area (Å²) in [5.74, 6) is -1.17. The average molecular weight is 331 g/mol. The molecule has 3 N–H and O–H groups in total. The molecule has 23 heavy (non-hydrogen) atoms. The van der Waals surface area contributed by atoms with Crippen molar-refractivity contribution in [3.8, 4) is 0 Å². The number of nitrogens with two attached hydrogens (primary N) is 1. The molecule has 0 amide bonds. The molecule has 4 rings (SSSR count). The number of aliphatic carboxylic acids is 1. The van der Waals surface area contributed by atoms with Gasteiger partial charge in [0.25, 0.3) is 0 Å². The standard InChI is InChI=1S/C15H14N4O3S/c16-12-13(20)11-10(15(21)22)8(7-23-14(11)12)6-18-4-5-19-9(18)2-1-3-17-19/h1-5,11-12,14H,6-7,16H2/p+1/t11?,12-,14+/m0/s1. The molecule has 1 saturated carbocycles. The third-order valence-electron chi connectivity index (χ3n) is 4.49. The first-order valence-electron chi connectivity index (χ1n) is 7.26. The first-order chi connectivity index (χ1) is 11.1. The lowest BCUT2D eigenvalue weighted by Crippen LogP contribution is -2.62. The summed E-state index contributed by atoms with van der Waals surface area (Å²) in [6.07, 6.45) is 5.37. The van der Waals surface area contributed by atoms with Crippen molar-refractivity contribution >= 4 is 29.2 Å². The maximum absolute atomic E-state index is 12.0. The Balaban J connectivity index is 1.74. The molecule has 2 aliphatic rings.